The highest BCUT2D eigenvalue weighted by molar-refractivity contribution is 5.54. The van der Waals surface area contributed by atoms with Crippen LogP contribution in [-0.4, -0.2) is 36.3 Å². The number of aliphatic hydroxyl groups excluding tert-OH is 2. The Bertz CT molecular complexity index is 345. The van der Waals surface area contributed by atoms with Crippen molar-refractivity contribution in [1.82, 2.24) is 0 Å². The SMILES string of the molecule is CC(O)c1ccccc1N(CCO)CC(F)F. The Morgan fingerprint density at radius 3 is 2.47 bits per heavy atom. The van der Waals surface area contributed by atoms with Crippen molar-refractivity contribution in [3.63, 3.8) is 0 Å². The van der Waals surface area contributed by atoms with Gasteiger partial charge in [-0.25, -0.2) is 8.78 Å². The van der Waals surface area contributed by atoms with Crippen LogP contribution in [0.25, 0.3) is 0 Å². The van der Waals surface area contributed by atoms with Gasteiger partial charge in [0.25, 0.3) is 6.43 Å². The van der Waals surface area contributed by atoms with Crippen LogP contribution in [0.2, 0.25) is 0 Å². The maximum Gasteiger partial charge on any atom is 0.255 e. The van der Waals surface area contributed by atoms with E-state index in [0.717, 1.165) is 0 Å². The predicted molar refractivity (Wildman–Crippen MR) is 62.4 cm³/mol. The molecule has 17 heavy (non-hydrogen) atoms. The Hall–Kier alpha value is -1.20. The van der Waals surface area contributed by atoms with E-state index in [-0.39, 0.29) is 13.2 Å². The van der Waals surface area contributed by atoms with Gasteiger partial charge >= 0.3 is 0 Å². The molecule has 0 saturated carbocycles. The zero-order chi connectivity index (χ0) is 12.8. The minimum Gasteiger partial charge on any atom is -0.395 e. The molecule has 0 aliphatic rings. The lowest BCUT2D eigenvalue weighted by Gasteiger charge is -2.26. The number of benzene rings is 1. The van der Waals surface area contributed by atoms with Crippen LogP contribution in [0.4, 0.5) is 14.5 Å². The summed E-state index contributed by atoms with van der Waals surface area (Å²) in [5.41, 5.74) is 1.12. The lowest BCUT2D eigenvalue weighted by Crippen LogP contribution is -2.32. The van der Waals surface area contributed by atoms with E-state index in [1.54, 1.807) is 31.2 Å². The fraction of sp³-hybridized carbons (Fsp3) is 0.500. The maximum atomic E-state index is 12.4. The minimum atomic E-state index is -2.48. The Morgan fingerprint density at radius 2 is 1.94 bits per heavy atom. The number of rotatable bonds is 6. The summed E-state index contributed by atoms with van der Waals surface area (Å²) < 4.78 is 24.9. The first-order valence-corrected chi connectivity index (χ1v) is 5.47. The molecule has 0 aromatic heterocycles. The van der Waals surface area contributed by atoms with Crippen molar-refractivity contribution in [2.75, 3.05) is 24.6 Å². The van der Waals surface area contributed by atoms with Crippen LogP contribution in [0.1, 0.15) is 18.6 Å². The molecule has 0 aliphatic heterocycles. The molecule has 1 aromatic rings. The van der Waals surface area contributed by atoms with Crippen LogP contribution < -0.4 is 4.90 Å². The summed E-state index contributed by atoms with van der Waals surface area (Å²) in [7, 11) is 0. The van der Waals surface area contributed by atoms with E-state index in [9.17, 15) is 13.9 Å². The van der Waals surface area contributed by atoms with Gasteiger partial charge < -0.3 is 15.1 Å². The zero-order valence-electron chi connectivity index (χ0n) is 9.68. The molecule has 0 heterocycles. The van der Waals surface area contributed by atoms with Crippen molar-refractivity contribution in [3.05, 3.63) is 29.8 Å². The van der Waals surface area contributed by atoms with E-state index in [2.05, 4.69) is 0 Å². The van der Waals surface area contributed by atoms with Gasteiger partial charge in [-0.1, -0.05) is 18.2 Å². The molecule has 0 aliphatic carbocycles. The Morgan fingerprint density at radius 1 is 1.29 bits per heavy atom. The molecule has 0 fully saturated rings. The fourth-order valence-electron chi connectivity index (χ4n) is 1.73. The molecule has 0 radical (unpaired) electrons. The molecule has 1 unspecified atom stereocenters. The normalized spacial score (nSPS) is 12.8. The smallest absolute Gasteiger partial charge is 0.255 e. The van der Waals surface area contributed by atoms with E-state index in [0.29, 0.717) is 11.3 Å². The quantitative estimate of drug-likeness (QED) is 0.803. The lowest BCUT2D eigenvalue weighted by atomic mass is 10.1. The summed E-state index contributed by atoms with van der Waals surface area (Å²) in [6, 6.07) is 6.82. The van der Waals surface area contributed by atoms with Gasteiger partial charge in [-0.2, -0.15) is 0 Å². The van der Waals surface area contributed by atoms with Gasteiger partial charge in [0.2, 0.25) is 0 Å². The molecule has 0 saturated heterocycles. The highest BCUT2D eigenvalue weighted by atomic mass is 19.3. The molecule has 5 heteroatoms. The molecular weight excluding hydrogens is 228 g/mol. The minimum absolute atomic E-state index is 0.119. The number of hydrogen-bond donors (Lipinski definition) is 2. The highest BCUT2D eigenvalue weighted by Gasteiger charge is 2.17. The third kappa shape index (κ3) is 3.94. The highest BCUT2D eigenvalue weighted by Crippen LogP contribution is 2.26. The number of hydrogen-bond acceptors (Lipinski definition) is 3. The monoisotopic (exact) mass is 245 g/mol. The van der Waals surface area contributed by atoms with Crippen LogP contribution in [-0.2, 0) is 0 Å². The molecule has 1 atom stereocenters. The third-order valence-corrected chi connectivity index (χ3v) is 2.46. The first-order chi connectivity index (χ1) is 8.06. The molecule has 2 N–H and O–H groups in total. The Kier molecular flexibility index (Phi) is 5.31. The molecule has 3 nitrogen and oxygen atoms in total. The number of nitrogens with zero attached hydrogens (tertiary/aromatic N) is 1. The average molecular weight is 245 g/mol. The molecule has 0 spiro atoms. The van der Waals surface area contributed by atoms with Gasteiger partial charge in [0, 0.05) is 17.8 Å². The number of anilines is 1. The fourth-order valence-corrected chi connectivity index (χ4v) is 1.73. The third-order valence-electron chi connectivity index (χ3n) is 2.46. The van der Waals surface area contributed by atoms with Crippen LogP contribution in [0.5, 0.6) is 0 Å². The van der Waals surface area contributed by atoms with E-state index >= 15 is 0 Å². The summed E-state index contributed by atoms with van der Waals surface area (Å²) >= 11 is 0. The van der Waals surface area contributed by atoms with Crippen LogP contribution in [0, 0.1) is 0 Å². The van der Waals surface area contributed by atoms with E-state index in [4.69, 9.17) is 5.11 Å². The maximum absolute atomic E-state index is 12.4. The van der Waals surface area contributed by atoms with Crippen molar-refractivity contribution in [2.45, 2.75) is 19.5 Å². The van der Waals surface area contributed by atoms with Gasteiger partial charge in [0.15, 0.2) is 0 Å². The lowest BCUT2D eigenvalue weighted by molar-refractivity contribution is 0.152. The summed E-state index contributed by atoms with van der Waals surface area (Å²) in [6.45, 7) is 1.04. The number of alkyl halides is 2. The average Bonchev–Trinajstić information content (AvgIpc) is 2.28. The predicted octanol–water partition coefficient (Wildman–Crippen LogP) is 1.80. The Balaban J connectivity index is 2.99. The number of para-hydroxylation sites is 1. The molecule has 0 bridgehead atoms. The summed E-state index contributed by atoms with van der Waals surface area (Å²) in [5.74, 6) is 0. The second kappa shape index (κ2) is 6.51. The second-order valence-corrected chi connectivity index (χ2v) is 3.80. The number of halogens is 2. The van der Waals surface area contributed by atoms with Gasteiger partial charge in [-0.05, 0) is 13.0 Å². The standard InChI is InChI=1S/C12H17F2NO2/c1-9(17)10-4-2-3-5-11(10)15(6-7-16)8-12(13)14/h2-5,9,12,16-17H,6-8H2,1H3. The largest absolute Gasteiger partial charge is 0.395 e. The van der Waals surface area contributed by atoms with E-state index in [1.807, 2.05) is 0 Å². The van der Waals surface area contributed by atoms with E-state index < -0.39 is 19.1 Å². The van der Waals surface area contributed by atoms with Crippen LogP contribution in [0.15, 0.2) is 24.3 Å². The van der Waals surface area contributed by atoms with Crippen molar-refractivity contribution >= 4 is 5.69 Å². The molecule has 0 amide bonds. The van der Waals surface area contributed by atoms with Crippen molar-refractivity contribution in [1.29, 1.82) is 0 Å². The second-order valence-electron chi connectivity index (χ2n) is 3.80. The summed E-state index contributed by atoms with van der Waals surface area (Å²) in [6.07, 6.45) is -3.21. The summed E-state index contributed by atoms with van der Waals surface area (Å²) in [4.78, 5) is 1.38. The molecule has 1 aromatic carbocycles. The van der Waals surface area contributed by atoms with Gasteiger partial charge in [-0.3, -0.25) is 0 Å². The number of aliphatic hydroxyl groups is 2. The first-order valence-electron chi connectivity index (χ1n) is 5.47. The first kappa shape index (κ1) is 13.9. The van der Waals surface area contributed by atoms with Gasteiger partial charge in [0.1, 0.15) is 0 Å². The van der Waals surface area contributed by atoms with E-state index in [1.165, 1.54) is 4.90 Å². The molecule has 96 valence electrons. The summed E-state index contributed by atoms with van der Waals surface area (Å²) in [5, 5.41) is 18.5. The van der Waals surface area contributed by atoms with Crippen molar-refractivity contribution in [3.8, 4) is 0 Å². The topological polar surface area (TPSA) is 43.7 Å². The zero-order valence-corrected chi connectivity index (χ0v) is 9.68. The molecule has 1 rings (SSSR count). The Labute approximate surface area is 99.3 Å². The van der Waals surface area contributed by atoms with Gasteiger partial charge in [-0.15, -0.1) is 0 Å². The molecular formula is C12H17F2NO2. The van der Waals surface area contributed by atoms with Gasteiger partial charge in [0.05, 0.1) is 19.3 Å². The van der Waals surface area contributed by atoms with Crippen LogP contribution in [0.3, 0.4) is 0 Å². The van der Waals surface area contributed by atoms with Crippen LogP contribution >= 0.6 is 0 Å². The van der Waals surface area contributed by atoms with Crippen molar-refractivity contribution < 1.29 is 19.0 Å². The van der Waals surface area contributed by atoms with Crippen molar-refractivity contribution in [2.24, 2.45) is 0 Å².